The maximum atomic E-state index is 6.02. The van der Waals surface area contributed by atoms with Crippen molar-refractivity contribution in [2.45, 2.75) is 25.3 Å². The first-order chi connectivity index (χ1) is 14.4. The SMILES string of the molecule is c1cn(-c2nccc(N3CCC[C@@H]3COCCc3ccc4c(c3)OCO4)n2)cn1. The lowest BCUT2D eigenvalue weighted by atomic mass is 10.1. The van der Waals surface area contributed by atoms with Crippen LogP contribution in [0.3, 0.4) is 0 Å². The van der Waals surface area contributed by atoms with E-state index in [1.54, 1.807) is 18.7 Å². The first kappa shape index (κ1) is 17.9. The van der Waals surface area contributed by atoms with Gasteiger partial charge in [-0.3, -0.25) is 4.57 Å². The molecule has 0 aliphatic carbocycles. The zero-order valence-corrected chi connectivity index (χ0v) is 16.1. The highest BCUT2D eigenvalue weighted by molar-refractivity contribution is 5.44. The topological polar surface area (TPSA) is 74.5 Å². The van der Waals surface area contributed by atoms with E-state index >= 15 is 0 Å². The fraction of sp³-hybridized carbons (Fsp3) is 0.381. The molecule has 2 aliphatic rings. The van der Waals surface area contributed by atoms with Crippen molar-refractivity contribution < 1.29 is 14.2 Å². The Kier molecular flexibility index (Phi) is 5.00. The molecule has 0 N–H and O–H groups in total. The minimum Gasteiger partial charge on any atom is -0.454 e. The largest absolute Gasteiger partial charge is 0.454 e. The second kappa shape index (κ2) is 8.08. The average Bonchev–Trinajstić information content (AvgIpc) is 3.52. The number of benzene rings is 1. The van der Waals surface area contributed by atoms with Crippen LogP contribution in [-0.2, 0) is 11.2 Å². The smallest absolute Gasteiger partial charge is 0.236 e. The van der Waals surface area contributed by atoms with Gasteiger partial charge in [0.1, 0.15) is 12.1 Å². The number of aromatic nitrogens is 4. The monoisotopic (exact) mass is 393 g/mol. The maximum absolute atomic E-state index is 6.02. The van der Waals surface area contributed by atoms with Gasteiger partial charge < -0.3 is 19.1 Å². The van der Waals surface area contributed by atoms with Gasteiger partial charge in [-0.2, -0.15) is 4.98 Å². The number of hydrogen-bond donors (Lipinski definition) is 0. The van der Waals surface area contributed by atoms with Crippen molar-refractivity contribution in [2.24, 2.45) is 0 Å². The second-order valence-corrected chi connectivity index (χ2v) is 7.19. The Bertz CT molecular complexity index is 963. The minimum absolute atomic E-state index is 0.304. The predicted octanol–water partition coefficient (Wildman–Crippen LogP) is 2.62. The Morgan fingerprint density at radius 2 is 2.10 bits per heavy atom. The fourth-order valence-electron chi connectivity index (χ4n) is 3.82. The minimum atomic E-state index is 0.304. The molecular formula is C21H23N5O3. The molecule has 0 unspecified atom stereocenters. The number of anilines is 1. The van der Waals surface area contributed by atoms with E-state index in [2.05, 4.69) is 20.9 Å². The Morgan fingerprint density at radius 3 is 3.03 bits per heavy atom. The molecule has 8 heteroatoms. The second-order valence-electron chi connectivity index (χ2n) is 7.19. The van der Waals surface area contributed by atoms with Crippen LogP contribution in [0.4, 0.5) is 5.82 Å². The van der Waals surface area contributed by atoms with Crippen LogP contribution in [0, 0.1) is 0 Å². The third-order valence-corrected chi connectivity index (χ3v) is 5.32. The van der Waals surface area contributed by atoms with Crippen LogP contribution in [0.25, 0.3) is 5.95 Å². The van der Waals surface area contributed by atoms with Gasteiger partial charge in [0, 0.05) is 25.1 Å². The molecule has 1 saturated heterocycles. The summed E-state index contributed by atoms with van der Waals surface area (Å²) in [5, 5.41) is 0. The molecule has 3 aromatic rings. The van der Waals surface area contributed by atoms with Crippen molar-refractivity contribution in [3.05, 3.63) is 54.7 Å². The Balaban J connectivity index is 1.17. The molecule has 0 spiro atoms. The summed E-state index contributed by atoms with van der Waals surface area (Å²) in [6.07, 6.45) is 10.2. The highest BCUT2D eigenvalue weighted by Crippen LogP contribution is 2.32. The van der Waals surface area contributed by atoms with Crippen molar-refractivity contribution in [1.29, 1.82) is 0 Å². The fourth-order valence-corrected chi connectivity index (χ4v) is 3.82. The van der Waals surface area contributed by atoms with Gasteiger partial charge in [-0.15, -0.1) is 0 Å². The van der Waals surface area contributed by atoms with Crippen LogP contribution >= 0.6 is 0 Å². The van der Waals surface area contributed by atoms with E-state index in [-0.39, 0.29) is 0 Å². The summed E-state index contributed by atoms with van der Waals surface area (Å²) in [6.45, 7) is 2.65. The number of fused-ring (bicyclic) bond motifs is 1. The van der Waals surface area contributed by atoms with Crippen molar-refractivity contribution >= 4 is 5.82 Å². The molecule has 0 radical (unpaired) electrons. The molecule has 0 saturated carbocycles. The molecule has 2 aromatic heterocycles. The first-order valence-corrected chi connectivity index (χ1v) is 9.91. The lowest BCUT2D eigenvalue weighted by Crippen LogP contribution is -2.34. The summed E-state index contributed by atoms with van der Waals surface area (Å²) < 4.78 is 18.6. The van der Waals surface area contributed by atoms with E-state index < -0.39 is 0 Å². The summed E-state index contributed by atoms with van der Waals surface area (Å²) in [5.41, 5.74) is 1.19. The molecule has 4 heterocycles. The van der Waals surface area contributed by atoms with Crippen LogP contribution in [0.2, 0.25) is 0 Å². The standard InChI is InChI=1S/C21H23N5O3/c1-2-17(13-27-11-6-16-3-4-18-19(12-16)29-15-28-18)26(9-1)20-5-7-23-21(24-20)25-10-8-22-14-25/h3-5,7-8,10,12,14,17H,1-2,6,9,11,13,15H2/t17-/m1/s1. The Morgan fingerprint density at radius 1 is 1.14 bits per heavy atom. The van der Waals surface area contributed by atoms with Crippen LogP contribution in [0.15, 0.2) is 49.2 Å². The molecule has 2 aliphatic heterocycles. The van der Waals surface area contributed by atoms with Gasteiger partial charge in [-0.25, -0.2) is 9.97 Å². The van der Waals surface area contributed by atoms with E-state index in [0.29, 0.717) is 32.0 Å². The number of rotatable bonds is 7. The lowest BCUT2D eigenvalue weighted by molar-refractivity contribution is 0.124. The van der Waals surface area contributed by atoms with Gasteiger partial charge in [-0.1, -0.05) is 6.07 Å². The van der Waals surface area contributed by atoms with Gasteiger partial charge >= 0.3 is 0 Å². The molecule has 1 fully saturated rings. The zero-order chi connectivity index (χ0) is 19.5. The first-order valence-electron chi connectivity index (χ1n) is 9.91. The zero-order valence-electron chi connectivity index (χ0n) is 16.1. The van der Waals surface area contributed by atoms with Gasteiger partial charge in [-0.05, 0) is 43.0 Å². The normalized spacial score (nSPS) is 17.8. The summed E-state index contributed by atoms with van der Waals surface area (Å²) >= 11 is 0. The molecule has 1 aromatic carbocycles. The molecular weight excluding hydrogens is 370 g/mol. The van der Waals surface area contributed by atoms with E-state index in [1.807, 2.05) is 29.0 Å². The van der Waals surface area contributed by atoms with E-state index in [9.17, 15) is 0 Å². The predicted molar refractivity (Wildman–Crippen MR) is 107 cm³/mol. The maximum Gasteiger partial charge on any atom is 0.236 e. The number of ether oxygens (including phenoxy) is 3. The molecule has 1 atom stereocenters. The van der Waals surface area contributed by atoms with Crippen molar-refractivity contribution in [3.8, 4) is 17.4 Å². The molecule has 5 rings (SSSR count). The quantitative estimate of drug-likeness (QED) is 0.571. The van der Waals surface area contributed by atoms with Gasteiger partial charge in [0.05, 0.1) is 19.3 Å². The number of imidazole rings is 1. The van der Waals surface area contributed by atoms with Gasteiger partial charge in [0.15, 0.2) is 11.5 Å². The summed E-state index contributed by atoms with van der Waals surface area (Å²) in [6, 6.07) is 8.36. The van der Waals surface area contributed by atoms with E-state index in [1.165, 1.54) is 5.56 Å². The molecule has 0 bridgehead atoms. The summed E-state index contributed by atoms with van der Waals surface area (Å²) in [4.78, 5) is 15.5. The van der Waals surface area contributed by atoms with E-state index in [4.69, 9.17) is 19.2 Å². The van der Waals surface area contributed by atoms with Crippen molar-refractivity contribution in [1.82, 2.24) is 19.5 Å². The van der Waals surface area contributed by atoms with Crippen molar-refractivity contribution in [3.63, 3.8) is 0 Å². The summed E-state index contributed by atoms with van der Waals surface area (Å²) in [5.74, 6) is 3.21. The third kappa shape index (κ3) is 3.88. The van der Waals surface area contributed by atoms with Gasteiger partial charge in [0.25, 0.3) is 0 Å². The number of hydrogen-bond acceptors (Lipinski definition) is 7. The highest BCUT2D eigenvalue weighted by Gasteiger charge is 2.26. The molecule has 150 valence electrons. The lowest BCUT2D eigenvalue weighted by Gasteiger charge is -2.25. The van der Waals surface area contributed by atoms with Crippen LogP contribution in [0.1, 0.15) is 18.4 Å². The van der Waals surface area contributed by atoms with Crippen LogP contribution < -0.4 is 14.4 Å². The number of nitrogens with zero attached hydrogens (tertiary/aromatic N) is 5. The van der Waals surface area contributed by atoms with Crippen LogP contribution in [0.5, 0.6) is 11.5 Å². The van der Waals surface area contributed by atoms with E-state index in [0.717, 1.165) is 43.1 Å². The van der Waals surface area contributed by atoms with Crippen molar-refractivity contribution in [2.75, 3.05) is 31.5 Å². The molecule has 29 heavy (non-hydrogen) atoms. The third-order valence-electron chi connectivity index (χ3n) is 5.32. The Hall–Kier alpha value is -3.13. The average molecular weight is 393 g/mol. The summed E-state index contributed by atoms with van der Waals surface area (Å²) in [7, 11) is 0. The molecule has 0 amide bonds. The Labute approximate surface area is 169 Å². The molecule has 8 nitrogen and oxygen atoms in total. The highest BCUT2D eigenvalue weighted by atomic mass is 16.7. The van der Waals surface area contributed by atoms with Crippen LogP contribution in [-0.4, -0.2) is 52.1 Å². The van der Waals surface area contributed by atoms with Gasteiger partial charge in [0.2, 0.25) is 12.7 Å².